The molecule has 0 N–H and O–H groups in total. The Labute approximate surface area is 224 Å². The Bertz CT molecular complexity index is 967. The molecule has 2 saturated heterocycles. The molecule has 2 heterocycles. The Balaban J connectivity index is 0.00000170. The van der Waals surface area contributed by atoms with Gasteiger partial charge < -0.3 is 9.64 Å². The van der Waals surface area contributed by atoms with E-state index >= 15 is 0 Å². The van der Waals surface area contributed by atoms with Crippen LogP contribution in [0.2, 0.25) is 0 Å². The fourth-order valence-corrected chi connectivity index (χ4v) is 4.91. The van der Waals surface area contributed by atoms with Crippen molar-refractivity contribution in [3.8, 4) is 0 Å². The Morgan fingerprint density at radius 1 is 1.00 bits per heavy atom. The monoisotopic (exact) mass is 567 g/mol. The first-order chi connectivity index (χ1) is 18.1. The second-order valence-corrected chi connectivity index (χ2v) is 10.4. The van der Waals surface area contributed by atoms with Crippen molar-refractivity contribution in [2.75, 3.05) is 33.2 Å². The standard InChI is InChI=1S/C25H35F6N3O2.CO2/c1-18-7-8-19(20(15-18)17-33-11-5-4-6-12-33)16-32(3)23(2)9-13-34(14-10-23)22(35)36-21(24(26,27)28)25(29,30)31;2-1-3/h7-8,15,21H,4-6,9-14,16-17H2,1-3H3;. The van der Waals surface area contributed by atoms with Crippen molar-refractivity contribution in [3.05, 3.63) is 34.9 Å². The number of aryl methyl sites for hydroxylation is 1. The summed E-state index contributed by atoms with van der Waals surface area (Å²) in [5.74, 6) is 0. The Kier molecular flexibility index (Phi) is 11.4. The normalized spacial score (nSPS) is 18.4. The van der Waals surface area contributed by atoms with E-state index < -0.39 is 24.5 Å². The zero-order valence-corrected chi connectivity index (χ0v) is 22.3. The van der Waals surface area contributed by atoms with E-state index in [2.05, 4.69) is 39.7 Å². The molecule has 220 valence electrons. The van der Waals surface area contributed by atoms with Gasteiger partial charge in [0.05, 0.1) is 0 Å². The first kappa shape index (κ1) is 32.6. The van der Waals surface area contributed by atoms with Crippen LogP contribution >= 0.6 is 0 Å². The van der Waals surface area contributed by atoms with E-state index in [4.69, 9.17) is 9.59 Å². The summed E-state index contributed by atoms with van der Waals surface area (Å²) in [5.41, 5.74) is 3.26. The Morgan fingerprint density at radius 3 is 2.05 bits per heavy atom. The summed E-state index contributed by atoms with van der Waals surface area (Å²) in [4.78, 5) is 33.9. The minimum absolute atomic E-state index is 0.0106. The number of carbonyl (C=O) groups excluding carboxylic acids is 3. The number of likely N-dealkylation sites (tertiary alicyclic amines) is 2. The van der Waals surface area contributed by atoms with Crippen LogP contribution in [0.5, 0.6) is 0 Å². The lowest BCUT2D eigenvalue weighted by molar-refractivity contribution is -0.308. The summed E-state index contributed by atoms with van der Waals surface area (Å²) in [6.45, 7) is 7.77. The molecule has 0 unspecified atom stereocenters. The molecule has 3 rings (SSSR count). The van der Waals surface area contributed by atoms with Crippen molar-refractivity contribution in [1.29, 1.82) is 0 Å². The number of hydrogen-bond acceptors (Lipinski definition) is 6. The minimum atomic E-state index is -5.72. The number of amides is 1. The molecule has 7 nitrogen and oxygen atoms in total. The number of ether oxygens (including phenoxy) is 1. The number of rotatable bonds is 6. The third-order valence-corrected chi connectivity index (χ3v) is 7.45. The second-order valence-electron chi connectivity index (χ2n) is 10.4. The highest BCUT2D eigenvalue weighted by molar-refractivity contribution is 5.68. The zero-order valence-electron chi connectivity index (χ0n) is 22.3. The lowest BCUT2D eigenvalue weighted by Gasteiger charge is -2.45. The van der Waals surface area contributed by atoms with Crippen LogP contribution < -0.4 is 0 Å². The van der Waals surface area contributed by atoms with Gasteiger partial charge in [-0.15, -0.1) is 0 Å². The summed E-state index contributed by atoms with van der Waals surface area (Å²) < 4.78 is 80.4. The fourth-order valence-electron chi connectivity index (χ4n) is 4.91. The van der Waals surface area contributed by atoms with Gasteiger partial charge in [-0.05, 0) is 70.8 Å². The molecule has 1 aromatic carbocycles. The molecule has 0 saturated carbocycles. The zero-order chi connectivity index (χ0) is 29.4. The molecule has 0 spiro atoms. The van der Waals surface area contributed by atoms with E-state index in [0.717, 1.165) is 24.5 Å². The van der Waals surface area contributed by atoms with Gasteiger partial charge in [0.15, 0.2) is 0 Å². The van der Waals surface area contributed by atoms with Gasteiger partial charge >= 0.3 is 24.6 Å². The SMILES string of the molecule is Cc1ccc(CN(C)C2(C)CCN(C(=O)OC(C(F)(F)F)C(F)(F)F)CC2)c(CN2CCCCC2)c1.O=C=O. The Morgan fingerprint density at radius 2 is 1.54 bits per heavy atom. The molecule has 2 aliphatic rings. The highest BCUT2D eigenvalue weighted by Crippen LogP contribution is 2.37. The van der Waals surface area contributed by atoms with Gasteiger partial charge in [-0.25, -0.2) is 4.79 Å². The maximum Gasteiger partial charge on any atom is 0.434 e. The van der Waals surface area contributed by atoms with Gasteiger partial charge in [-0.2, -0.15) is 35.9 Å². The van der Waals surface area contributed by atoms with Crippen LogP contribution in [-0.2, 0) is 27.4 Å². The molecule has 0 atom stereocenters. The maximum atomic E-state index is 12.8. The number of benzene rings is 1. The third-order valence-electron chi connectivity index (χ3n) is 7.45. The average molecular weight is 568 g/mol. The summed E-state index contributed by atoms with van der Waals surface area (Å²) in [6.07, 6.45) is -12.5. The number of piperidine rings is 2. The van der Waals surface area contributed by atoms with Crippen molar-refractivity contribution in [1.82, 2.24) is 14.7 Å². The molecular formula is C26H35F6N3O4. The second kappa shape index (κ2) is 13.6. The third kappa shape index (κ3) is 9.51. The summed E-state index contributed by atoms with van der Waals surface area (Å²) in [7, 11) is 1.96. The number of halogens is 6. The van der Waals surface area contributed by atoms with Crippen molar-refractivity contribution >= 4 is 12.2 Å². The topological polar surface area (TPSA) is 70.2 Å². The van der Waals surface area contributed by atoms with Crippen LogP contribution in [-0.4, -0.2) is 84.2 Å². The van der Waals surface area contributed by atoms with Crippen molar-refractivity contribution in [2.45, 2.75) is 83.0 Å². The molecule has 2 fully saturated rings. The van der Waals surface area contributed by atoms with Crippen LogP contribution in [0.1, 0.15) is 55.7 Å². The number of nitrogens with zero attached hydrogens (tertiary/aromatic N) is 3. The van der Waals surface area contributed by atoms with E-state index in [0.29, 0.717) is 19.4 Å². The van der Waals surface area contributed by atoms with Crippen LogP contribution in [0.3, 0.4) is 0 Å². The van der Waals surface area contributed by atoms with Gasteiger partial charge in [-0.3, -0.25) is 9.80 Å². The van der Waals surface area contributed by atoms with Gasteiger partial charge in [0.2, 0.25) is 0 Å². The molecule has 39 heavy (non-hydrogen) atoms. The van der Waals surface area contributed by atoms with Crippen LogP contribution in [0.4, 0.5) is 31.1 Å². The average Bonchev–Trinajstić information content (AvgIpc) is 2.84. The minimum Gasteiger partial charge on any atom is -0.426 e. The maximum absolute atomic E-state index is 12.8. The molecular weight excluding hydrogens is 532 g/mol. The predicted molar refractivity (Wildman–Crippen MR) is 128 cm³/mol. The van der Waals surface area contributed by atoms with Gasteiger partial charge in [0, 0.05) is 31.7 Å². The van der Waals surface area contributed by atoms with Crippen LogP contribution in [0, 0.1) is 6.92 Å². The molecule has 0 radical (unpaired) electrons. The van der Waals surface area contributed by atoms with Crippen molar-refractivity contribution < 1.29 is 45.5 Å². The van der Waals surface area contributed by atoms with Crippen LogP contribution in [0.15, 0.2) is 18.2 Å². The molecule has 1 aromatic rings. The van der Waals surface area contributed by atoms with Crippen LogP contribution in [0.25, 0.3) is 0 Å². The smallest absolute Gasteiger partial charge is 0.426 e. The van der Waals surface area contributed by atoms with E-state index in [1.807, 2.05) is 14.0 Å². The summed E-state index contributed by atoms with van der Waals surface area (Å²) >= 11 is 0. The quantitative estimate of drug-likeness (QED) is 0.434. The molecule has 0 aliphatic carbocycles. The molecule has 13 heteroatoms. The number of alkyl halides is 6. The Hall–Kier alpha value is -2.63. The number of carbonyl (C=O) groups is 1. The van der Waals surface area contributed by atoms with Crippen molar-refractivity contribution in [3.63, 3.8) is 0 Å². The predicted octanol–water partition coefficient (Wildman–Crippen LogP) is 5.31. The number of hydrogen-bond donors (Lipinski definition) is 0. The summed E-state index contributed by atoms with van der Waals surface area (Å²) in [6, 6.07) is 6.40. The molecule has 2 aliphatic heterocycles. The van der Waals surface area contributed by atoms with Gasteiger partial charge in [-0.1, -0.05) is 30.2 Å². The van der Waals surface area contributed by atoms with E-state index in [1.54, 1.807) is 0 Å². The van der Waals surface area contributed by atoms with Crippen molar-refractivity contribution in [2.24, 2.45) is 0 Å². The lowest BCUT2D eigenvalue weighted by Crippen LogP contribution is -2.54. The first-order valence-corrected chi connectivity index (χ1v) is 12.7. The molecule has 0 bridgehead atoms. The first-order valence-electron chi connectivity index (χ1n) is 12.7. The highest BCUT2D eigenvalue weighted by Gasteiger charge is 2.60. The fraction of sp³-hybridized carbons (Fsp3) is 0.692. The van der Waals surface area contributed by atoms with E-state index in [1.165, 1.54) is 36.0 Å². The molecule has 1 amide bonds. The highest BCUT2D eigenvalue weighted by atomic mass is 19.4. The lowest BCUT2D eigenvalue weighted by atomic mass is 9.87. The molecule has 0 aromatic heterocycles. The van der Waals surface area contributed by atoms with Gasteiger partial charge in [0.25, 0.3) is 6.10 Å². The van der Waals surface area contributed by atoms with E-state index in [-0.39, 0.29) is 24.8 Å². The summed E-state index contributed by atoms with van der Waals surface area (Å²) in [5, 5.41) is 0. The van der Waals surface area contributed by atoms with E-state index in [9.17, 15) is 31.1 Å². The largest absolute Gasteiger partial charge is 0.434 e. The van der Waals surface area contributed by atoms with Gasteiger partial charge in [0.1, 0.15) is 0 Å².